The number of carbonyl (C=O) groups is 3. The second-order valence-electron chi connectivity index (χ2n) is 7.41. The summed E-state index contributed by atoms with van der Waals surface area (Å²) in [5, 5.41) is 3.02. The van der Waals surface area contributed by atoms with Gasteiger partial charge in [-0.3, -0.25) is 14.4 Å². The molecule has 0 aromatic heterocycles. The normalized spacial score (nSPS) is 11.2. The second-order valence-corrected chi connectivity index (χ2v) is 9.62. The summed E-state index contributed by atoms with van der Waals surface area (Å²) < 4.78 is 31.5. The van der Waals surface area contributed by atoms with Crippen LogP contribution in [0.1, 0.15) is 37.0 Å². The predicted molar refractivity (Wildman–Crippen MR) is 121 cm³/mol. The van der Waals surface area contributed by atoms with E-state index in [2.05, 4.69) is 10.0 Å². The lowest BCUT2D eigenvalue weighted by molar-refractivity contribution is -0.142. The highest BCUT2D eigenvalue weighted by Gasteiger charge is 2.16. The van der Waals surface area contributed by atoms with Crippen molar-refractivity contribution in [2.45, 2.75) is 31.6 Å². The van der Waals surface area contributed by atoms with Gasteiger partial charge in [-0.2, -0.15) is 0 Å². The van der Waals surface area contributed by atoms with Crippen LogP contribution < -0.4 is 10.0 Å². The molecule has 10 heteroatoms. The van der Waals surface area contributed by atoms with Crippen molar-refractivity contribution in [1.29, 1.82) is 0 Å². The third-order valence-corrected chi connectivity index (χ3v) is 5.87. The van der Waals surface area contributed by atoms with Crippen LogP contribution in [0.3, 0.4) is 0 Å². The van der Waals surface area contributed by atoms with E-state index in [0.717, 1.165) is 0 Å². The number of rotatable bonds is 11. The van der Waals surface area contributed by atoms with Crippen molar-refractivity contribution in [1.82, 2.24) is 4.72 Å². The van der Waals surface area contributed by atoms with Gasteiger partial charge in [0.1, 0.15) is 0 Å². The van der Waals surface area contributed by atoms with Crippen LogP contribution in [0, 0.1) is 5.92 Å². The average molecular weight is 481 g/mol. The summed E-state index contributed by atoms with van der Waals surface area (Å²) in [4.78, 5) is 35.8. The molecule has 0 aliphatic carbocycles. The zero-order valence-corrected chi connectivity index (χ0v) is 19.3. The molecule has 0 saturated carbocycles. The topological polar surface area (TPSA) is 119 Å². The molecular weight excluding hydrogens is 456 g/mol. The molecule has 2 N–H and O–H groups in total. The van der Waals surface area contributed by atoms with Gasteiger partial charge in [0.05, 0.1) is 11.3 Å². The van der Waals surface area contributed by atoms with E-state index in [9.17, 15) is 22.8 Å². The Morgan fingerprint density at radius 2 is 1.75 bits per heavy atom. The third kappa shape index (κ3) is 8.41. The number of ether oxygens (including phenoxy) is 1. The SMILES string of the molecule is CC(C)CC(=O)Nc1ccc(C(=O)COC(=O)CCNS(=O)(=O)c2cccc(Cl)c2)cc1. The van der Waals surface area contributed by atoms with Gasteiger partial charge in [0, 0.05) is 29.2 Å². The van der Waals surface area contributed by atoms with Crippen molar-refractivity contribution in [3.63, 3.8) is 0 Å². The predicted octanol–water partition coefficient (Wildman–Crippen LogP) is 3.42. The van der Waals surface area contributed by atoms with Gasteiger partial charge in [-0.25, -0.2) is 13.1 Å². The van der Waals surface area contributed by atoms with Crippen LogP contribution in [0.5, 0.6) is 0 Å². The van der Waals surface area contributed by atoms with Crippen molar-refractivity contribution in [3.05, 3.63) is 59.1 Å². The quantitative estimate of drug-likeness (QED) is 0.375. The number of halogens is 1. The molecule has 0 saturated heterocycles. The lowest BCUT2D eigenvalue weighted by atomic mass is 10.1. The van der Waals surface area contributed by atoms with Gasteiger partial charge >= 0.3 is 5.97 Å². The van der Waals surface area contributed by atoms with Gasteiger partial charge in [-0.15, -0.1) is 0 Å². The van der Waals surface area contributed by atoms with Gasteiger partial charge in [0.25, 0.3) is 0 Å². The molecule has 2 rings (SSSR count). The number of hydrogen-bond donors (Lipinski definition) is 2. The van der Waals surface area contributed by atoms with Crippen molar-refractivity contribution in [2.24, 2.45) is 5.92 Å². The van der Waals surface area contributed by atoms with Gasteiger partial charge in [0.15, 0.2) is 12.4 Å². The monoisotopic (exact) mass is 480 g/mol. The van der Waals surface area contributed by atoms with Crippen LogP contribution in [0.15, 0.2) is 53.4 Å². The molecule has 172 valence electrons. The third-order valence-electron chi connectivity index (χ3n) is 4.18. The number of sulfonamides is 1. The van der Waals surface area contributed by atoms with E-state index in [1.165, 1.54) is 30.3 Å². The maximum atomic E-state index is 12.2. The van der Waals surface area contributed by atoms with Crippen LogP contribution in [0.25, 0.3) is 0 Å². The lowest BCUT2D eigenvalue weighted by Crippen LogP contribution is -2.27. The van der Waals surface area contributed by atoms with Gasteiger partial charge < -0.3 is 10.1 Å². The number of amides is 1. The molecule has 2 aromatic carbocycles. The van der Waals surface area contributed by atoms with E-state index in [0.29, 0.717) is 17.7 Å². The fourth-order valence-electron chi connectivity index (χ4n) is 2.63. The van der Waals surface area contributed by atoms with E-state index in [-0.39, 0.29) is 34.7 Å². The van der Waals surface area contributed by atoms with Gasteiger partial charge in [0.2, 0.25) is 15.9 Å². The van der Waals surface area contributed by atoms with Crippen molar-refractivity contribution in [3.8, 4) is 0 Å². The fourth-order valence-corrected chi connectivity index (χ4v) is 3.96. The molecule has 0 spiro atoms. The Hall–Kier alpha value is -2.75. The molecule has 1 amide bonds. The van der Waals surface area contributed by atoms with E-state index >= 15 is 0 Å². The first-order chi connectivity index (χ1) is 15.1. The van der Waals surface area contributed by atoms with Crippen molar-refractivity contribution in [2.75, 3.05) is 18.5 Å². The molecule has 0 heterocycles. The highest BCUT2D eigenvalue weighted by molar-refractivity contribution is 7.89. The molecule has 8 nitrogen and oxygen atoms in total. The largest absolute Gasteiger partial charge is 0.457 e. The molecule has 0 unspecified atom stereocenters. The average Bonchev–Trinajstić information content (AvgIpc) is 2.72. The van der Waals surface area contributed by atoms with Crippen LogP contribution in [-0.4, -0.2) is 39.2 Å². The summed E-state index contributed by atoms with van der Waals surface area (Å²) in [7, 11) is -3.81. The molecule has 2 aromatic rings. The van der Waals surface area contributed by atoms with Crippen molar-refractivity contribution < 1.29 is 27.5 Å². The minimum atomic E-state index is -3.81. The number of nitrogens with one attached hydrogen (secondary N) is 2. The number of hydrogen-bond acceptors (Lipinski definition) is 6. The second kappa shape index (κ2) is 11.8. The number of benzene rings is 2. The first kappa shape index (κ1) is 25.5. The Bertz CT molecular complexity index is 1070. The zero-order valence-electron chi connectivity index (χ0n) is 17.8. The highest BCUT2D eigenvalue weighted by Crippen LogP contribution is 2.15. The fraction of sp³-hybridized carbons (Fsp3) is 0.318. The Balaban J connectivity index is 1.76. The van der Waals surface area contributed by atoms with E-state index < -0.39 is 28.4 Å². The minimum Gasteiger partial charge on any atom is -0.457 e. The summed E-state index contributed by atoms with van der Waals surface area (Å²) in [6.07, 6.45) is 0.153. The van der Waals surface area contributed by atoms with Gasteiger partial charge in [-0.1, -0.05) is 31.5 Å². The summed E-state index contributed by atoms with van der Waals surface area (Å²) >= 11 is 5.79. The van der Waals surface area contributed by atoms with Crippen molar-refractivity contribution >= 4 is 45.0 Å². The van der Waals surface area contributed by atoms with Crippen LogP contribution in [0.2, 0.25) is 5.02 Å². The van der Waals surface area contributed by atoms with E-state index in [4.69, 9.17) is 16.3 Å². The molecule has 0 bridgehead atoms. The summed E-state index contributed by atoms with van der Waals surface area (Å²) in [6, 6.07) is 12.0. The van der Waals surface area contributed by atoms with E-state index in [1.54, 1.807) is 18.2 Å². The molecule has 0 aliphatic rings. The highest BCUT2D eigenvalue weighted by atomic mass is 35.5. The standard InChI is InChI=1S/C22H25ClN2O6S/c1-15(2)12-21(27)25-18-8-6-16(7-9-18)20(26)14-31-22(28)10-11-24-32(29,30)19-5-3-4-17(23)13-19/h3-9,13,15,24H,10-12,14H2,1-2H3,(H,25,27). The van der Waals surface area contributed by atoms with Gasteiger partial charge in [-0.05, 0) is 48.4 Å². The summed E-state index contributed by atoms with van der Waals surface area (Å²) in [5.74, 6) is -1.01. The lowest BCUT2D eigenvalue weighted by Gasteiger charge is -2.09. The first-order valence-corrected chi connectivity index (χ1v) is 11.8. The van der Waals surface area contributed by atoms with Crippen LogP contribution in [-0.2, 0) is 24.3 Å². The van der Waals surface area contributed by atoms with Crippen LogP contribution >= 0.6 is 11.6 Å². The smallest absolute Gasteiger partial charge is 0.307 e. The molecule has 0 aliphatic heterocycles. The minimum absolute atomic E-state index is 0.0163. The maximum Gasteiger partial charge on any atom is 0.307 e. The molecule has 32 heavy (non-hydrogen) atoms. The number of Topliss-reactive ketones (excluding diaryl/α,β-unsaturated/α-hetero) is 1. The molecule has 0 atom stereocenters. The Morgan fingerprint density at radius 3 is 2.38 bits per heavy atom. The first-order valence-electron chi connectivity index (χ1n) is 9.91. The van der Waals surface area contributed by atoms with Crippen LogP contribution in [0.4, 0.5) is 5.69 Å². The summed E-state index contributed by atoms with van der Waals surface area (Å²) in [5.41, 5.74) is 0.887. The number of anilines is 1. The molecule has 0 fully saturated rings. The maximum absolute atomic E-state index is 12.2. The Morgan fingerprint density at radius 1 is 1.06 bits per heavy atom. The molecular formula is C22H25ClN2O6S. The zero-order chi connectivity index (χ0) is 23.7. The number of esters is 1. The molecule has 0 radical (unpaired) electrons. The Kier molecular flexibility index (Phi) is 9.37. The van der Waals surface area contributed by atoms with E-state index in [1.807, 2.05) is 13.8 Å². The Labute approximate surface area is 192 Å². The number of carbonyl (C=O) groups excluding carboxylic acids is 3. The summed E-state index contributed by atoms with van der Waals surface area (Å²) in [6.45, 7) is 3.22. The number of ketones is 1.